The number of fused-ring (bicyclic) bond motifs is 1. The summed E-state index contributed by atoms with van der Waals surface area (Å²) in [5.74, 6) is -0.455. The van der Waals surface area contributed by atoms with Gasteiger partial charge in [0.1, 0.15) is 18.1 Å². The van der Waals surface area contributed by atoms with Crippen LogP contribution in [0.5, 0.6) is 5.75 Å². The minimum atomic E-state index is -0.776. The fraction of sp³-hybridized carbons (Fsp3) is 0.565. The van der Waals surface area contributed by atoms with Gasteiger partial charge in [0.2, 0.25) is 11.8 Å². The minimum Gasteiger partial charge on any atom is -0.482 e. The van der Waals surface area contributed by atoms with E-state index < -0.39 is 12.1 Å². The van der Waals surface area contributed by atoms with Crippen molar-refractivity contribution in [2.24, 2.45) is 23.2 Å². The van der Waals surface area contributed by atoms with E-state index in [-0.39, 0.29) is 53.9 Å². The van der Waals surface area contributed by atoms with E-state index in [4.69, 9.17) is 16.3 Å². The molecule has 1 aromatic rings. The molecule has 8 nitrogen and oxygen atoms in total. The summed E-state index contributed by atoms with van der Waals surface area (Å²) in [6.45, 7) is 4.96. The van der Waals surface area contributed by atoms with Crippen molar-refractivity contribution in [1.82, 2.24) is 15.5 Å². The van der Waals surface area contributed by atoms with Gasteiger partial charge in [-0.1, -0.05) is 41.4 Å². The third-order valence-corrected chi connectivity index (χ3v) is 8.02. The number of carbonyl (C=O) groups is 4. The summed E-state index contributed by atoms with van der Waals surface area (Å²) in [7, 11) is 0. The van der Waals surface area contributed by atoms with Gasteiger partial charge in [-0.25, -0.2) is 0 Å². The van der Waals surface area contributed by atoms with Crippen molar-refractivity contribution in [3.63, 3.8) is 0 Å². The van der Waals surface area contributed by atoms with Gasteiger partial charge in [-0.15, -0.1) is 0 Å². The van der Waals surface area contributed by atoms with Crippen molar-refractivity contribution in [2.75, 3.05) is 19.7 Å². The normalized spacial score (nSPS) is 28.0. The zero-order chi connectivity index (χ0) is 23.9. The lowest BCUT2D eigenvalue weighted by Crippen LogP contribution is -2.53. The lowest BCUT2D eigenvalue weighted by Gasteiger charge is -2.31. The third kappa shape index (κ3) is 4.75. The monoisotopic (exact) mass is 539 g/mol. The molecule has 1 aliphatic carbocycles. The van der Waals surface area contributed by atoms with Crippen LogP contribution in [0.4, 0.5) is 0 Å². The quantitative estimate of drug-likeness (QED) is 0.492. The number of rotatable bonds is 8. The number of piperidine rings is 1. The molecule has 0 bridgehead atoms. The number of amides is 3. The molecule has 2 saturated heterocycles. The van der Waals surface area contributed by atoms with Crippen LogP contribution in [0.2, 0.25) is 5.02 Å². The summed E-state index contributed by atoms with van der Waals surface area (Å²) in [6, 6.07) is 3.65. The molecule has 2 N–H and O–H groups in total. The molecule has 1 aromatic carbocycles. The van der Waals surface area contributed by atoms with Crippen molar-refractivity contribution in [3.8, 4) is 5.75 Å². The van der Waals surface area contributed by atoms with E-state index in [1.807, 2.05) is 0 Å². The largest absolute Gasteiger partial charge is 0.482 e. The topological polar surface area (TPSA) is 105 Å². The van der Waals surface area contributed by atoms with Crippen molar-refractivity contribution in [1.29, 1.82) is 0 Å². The Morgan fingerprint density at radius 1 is 1.42 bits per heavy atom. The smallest absolute Gasteiger partial charge is 0.261 e. The molecule has 0 aromatic heterocycles. The van der Waals surface area contributed by atoms with Gasteiger partial charge < -0.3 is 25.1 Å². The maximum atomic E-state index is 13.2. The summed E-state index contributed by atoms with van der Waals surface area (Å²) < 4.78 is 6.42. The van der Waals surface area contributed by atoms with Crippen LogP contribution in [0.3, 0.4) is 0 Å². The van der Waals surface area contributed by atoms with Gasteiger partial charge in [0.05, 0.1) is 11.1 Å². The number of likely N-dealkylation sites (tertiary alicyclic amines) is 1. The summed E-state index contributed by atoms with van der Waals surface area (Å²) in [5.41, 5.74) is -0.0589. The SMILES string of the molecule is CC1(C)[C@@H]2[C@H](C(=O)N[C@H](C=O)C[C@@H]3CCNC3=O)N(C(=O)COc3ccc(Br)cc3Cl)C[C@@H]21. The molecule has 0 spiro atoms. The molecule has 178 valence electrons. The molecule has 2 aliphatic heterocycles. The molecule has 4 rings (SSSR count). The number of carbonyl (C=O) groups excluding carboxylic acids is 4. The molecule has 3 aliphatic rings. The Morgan fingerprint density at radius 3 is 2.82 bits per heavy atom. The summed E-state index contributed by atoms with van der Waals surface area (Å²) in [6.07, 6.45) is 1.56. The predicted molar refractivity (Wildman–Crippen MR) is 125 cm³/mol. The van der Waals surface area contributed by atoms with Crippen LogP contribution in [0, 0.1) is 23.2 Å². The maximum absolute atomic E-state index is 13.2. The van der Waals surface area contributed by atoms with Crippen molar-refractivity contribution in [3.05, 3.63) is 27.7 Å². The summed E-state index contributed by atoms with van der Waals surface area (Å²) >= 11 is 9.49. The van der Waals surface area contributed by atoms with E-state index in [9.17, 15) is 19.2 Å². The number of hydrogen-bond acceptors (Lipinski definition) is 5. The van der Waals surface area contributed by atoms with Gasteiger partial charge in [-0.2, -0.15) is 0 Å². The fourth-order valence-corrected chi connectivity index (χ4v) is 5.98. The highest BCUT2D eigenvalue weighted by atomic mass is 79.9. The van der Waals surface area contributed by atoms with Gasteiger partial charge >= 0.3 is 0 Å². The van der Waals surface area contributed by atoms with Gasteiger partial charge in [0, 0.05) is 23.5 Å². The second-order valence-corrected chi connectivity index (χ2v) is 10.9. The highest BCUT2D eigenvalue weighted by molar-refractivity contribution is 9.10. The number of nitrogens with one attached hydrogen (secondary N) is 2. The van der Waals surface area contributed by atoms with E-state index in [1.54, 1.807) is 23.1 Å². The second kappa shape index (κ2) is 9.25. The van der Waals surface area contributed by atoms with Gasteiger partial charge in [0.15, 0.2) is 6.61 Å². The highest BCUT2D eigenvalue weighted by Crippen LogP contribution is 2.64. The zero-order valence-electron chi connectivity index (χ0n) is 18.5. The van der Waals surface area contributed by atoms with Gasteiger partial charge in [0.25, 0.3) is 5.91 Å². The van der Waals surface area contributed by atoms with Crippen LogP contribution in [0.25, 0.3) is 0 Å². The Labute approximate surface area is 205 Å². The number of benzene rings is 1. The van der Waals surface area contributed by atoms with Gasteiger partial charge in [-0.3, -0.25) is 14.4 Å². The van der Waals surface area contributed by atoms with Gasteiger partial charge in [-0.05, 0) is 48.3 Å². The summed E-state index contributed by atoms with van der Waals surface area (Å²) in [5, 5.41) is 5.90. The van der Waals surface area contributed by atoms with Crippen LogP contribution >= 0.6 is 27.5 Å². The average molecular weight is 541 g/mol. The zero-order valence-corrected chi connectivity index (χ0v) is 20.8. The van der Waals surface area contributed by atoms with Crippen LogP contribution in [0.15, 0.2) is 22.7 Å². The van der Waals surface area contributed by atoms with Crippen LogP contribution in [-0.2, 0) is 19.2 Å². The Hall–Kier alpha value is -2.13. The lowest BCUT2D eigenvalue weighted by molar-refractivity contribution is -0.142. The number of aldehydes is 1. The van der Waals surface area contributed by atoms with Crippen molar-refractivity contribution < 1.29 is 23.9 Å². The first-order valence-corrected chi connectivity index (χ1v) is 12.2. The molecular weight excluding hydrogens is 514 g/mol. The first kappa shape index (κ1) is 24.0. The van der Waals surface area contributed by atoms with Crippen LogP contribution in [-0.4, -0.2) is 60.7 Å². The van der Waals surface area contributed by atoms with E-state index in [2.05, 4.69) is 40.4 Å². The number of nitrogens with zero attached hydrogens (tertiary/aromatic N) is 1. The molecule has 2 heterocycles. The molecule has 3 fully saturated rings. The molecule has 5 atom stereocenters. The van der Waals surface area contributed by atoms with E-state index in [1.165, 1.54) is 0 Å². The number of ether oxygens (including phenoxy) is 1. The molecule has 0 unspecified atom stereocenters. The second-order valence-electron chi connectivity index (χ2n) is 9.57. The number of hydrogen-bond donors (Lipinski definition) is 2. The minimum absolute atomic E-state index is 0.0137. The average Bonchev–Trinajstić information content (AvgIpc) is 3.12. The summed E-state index contributed by atoms with van der Waals surface area (Å²) in [4.78, 5) is 51.3. The molecule has 10 heteroatoms. The molecule has 1 saturated carbocycles. The van der Waals surface area contributed by atoms with E-state index in [0.717, 1.165) is 4.47 Å². The van der Waals surface area contributed by atoms with Crippen LogP contribution in [0.1, 0.15) is 26.7 Å². The first-order valence-electron chi connectivity index (χ1n) is 11.0. The van der Waals surface area contributed by atoms with E-state index in [0.29, 0.717) is 36.6 Å². The Kier molecular flexibility index (Phi) is 6.73. The fourth-order valence-electron chi connectivity index (χ4n) is 5.25. The Bertz CT molecular complexity index is 987. The Balaban J connectivity index is 1.42. The maximum Gasteiger partial charge on any atom is 0.261 e. The highest BCUT2D eigenvalue weighted by Gasteiger charge is 2.69. The van der Waals surface area contributed by atoms with E-state index >= 15 is 0 Å². The molecule has 3 amide bonds. The van der Waals surface area contributed by atoms with Crippen molar-refractivity contribution in [2.45, 2.75) is 38.8 Å². The Morgan fingerprint density at radius 2 is 2.18 bits per heavy atom. The lowest BCUT2D eigenvalue weighted by atomic mass is 9.97. The molecular formula is C23H27BrClN3O5. The number of halogens is 2. The molecule has 33 heavy (non-hydrogen) atoms. The van der Waals surface area contributed by atoms with Crippen molar-refractivity contribution >= 4 is 51.5 Å². The standard InChI is InChI=1S/C23H27BrClN3O5/c1-23(2)15-9-28(18(30)11-33-17-4-3-13(24)8-16(17)25)20(19(15)23)22(32)27-14(10-29)7-12-5-6-26-21(12)31/h3-4,8,10,12,14-15,19-20H,5-7,9,11H2,1-2H3,(H,26,31)(H,27,32)/t12-,14-,15-,19-,20+/m0/s1. The predicted octanol–water partition coefficient (Wildman–Crippen LogP) is 2.17. The molecule has 0 radical (unpaired) electrons. The van der Waals surface area contributed by atoms with Crippen LogP contribution < -0.4 is 15.4 Å². The third-order valence-electron chi connectivity index (χ3n) is 7.24. The first-order chi connectivity index (χ1) is 15.6.